The quantitative estimate of drug-likeness (QED) is 0.696. The Labute approximate surface area is 200 Å². The molecule has 0 radical (unpaired) electrons. The lowest BCUT2D eigenvalue weighted by atomic mass is 9.92. The SMILES string of the molecule is Cc1cc(C)c(CNC(=O)c2cc(Cl)cc(N(C)C3CN(C(=O)C(C)(C)C)C3)c2C)c(=O)[nH]1. The van der Waals surface area contributed by atoms with Gasteiger partial charge in [0.2, 0.25) is 5.91 Å². The Morgan fingerprint density at radius 2 is 1.82 bits per heavy atom. The number of likely N-dealkylation sites (tertiary alicyclic amines) is 1. The first-order chi connectivity index (χ1) is 15.3. The standard InChI is InChI=1S/C25H33ClN4O3/c1-14-8-15(2)28-23(32)20(14)11-27-22(31)19-9-17(26)10-21(16(19)3)29(7)18-12-30(13-18)24(33)25(4,5)6/h8-10,18H,11-13H2,1-7H3,(H,27,31)(H,28,32). The summed E-state index contributed by atoms with van der Waals surface area (Å²) in [5.74, 6) is -0.154. The summed E-state index contributed by atoms with van der Waals surface area (Å²) in [5.41, 5.74) is 3.66. The van der Waals surface area contributed by atoms with Gasteiger partial charge >= 0.3 is 0 Å². The average molecular weight is 473 g/mol. The van der Waals surface area contributed by atoms with E-state index >= 15 is 0 Å². The van der Waals surface area contributed by atoms with Crippen molar-refractivity contribution < 1.29 is 9.59 Å². The van der Waals surface area contributed by atoms with Gasteiger partial charge in [0, 0.05) is 59.6 Å². The predicted molar refractivity (Wildman–Crippen MR) is 132 cm³/mol. The zero-order valence-corrected chi connectivity index (χ0v) is 21.2. The molecule has 0 bridgehead atoms. The number of hydrogen-bond acceptors (Lipinski definition) is 4. The minimum Gasteiger partial charge on any atom is -0.368 e. The molecule has 178 valence electrons. The Hall–Kier alpha value is -2.80. The number of likely N-dealkylation sites (N-methyl/N-ethyl adjacent to an activating group) is 1. The molecule has 2 heterocycles. The van der Waals surface area contributed by atoms with Gasteiger partial charge in [-0.15, -0.1) is 0 Å². The summed E-state index contributed by atoms with van der Waals surface area (Å²) in [5, 5.41) is 3.31. The minimum atomic E-state index is -0.404. The third-order valence-corrected chi connectivity index (χ3v) is 6.45. The maximum absolute atomic E-state index is 13.0. The van der Waals surface area contributed by atoms with Gasteiger partial charge in [0.15, 0.2) is 0 Å². The maximum Gasteiger partial charge on any atom is 0.253 e. The van der Waals surface area contributed by atoms with Crippen LogP contribution in [0.2, 0.25) is 5.02 Å². The molecule has 0 spiro atoms. The summed E-state index contributed by atoms with van der Waals surface area (Å²) in [6.07, 6.45) is 0. The maximum atomic E-state index is 13.0. The number of hydrogen-bond donors (Lipinski definition) is 2. The van der Waals surface area contributed by atoms with Crippen LogP contribution in [0.5, 0.6) is 0 Å². The summed E-state index contributed by atoms with van der Waals surface area (Å²) in [4.78, 5) is 44.5. The van der Waals surface area contributed by atoms with Crippen molar-refractivity contribution in [3.05, 3.63) is 61.5 Å². The van der Waals surface area contributed by atoms with Crippen LogP contribution in [0.4, 0.5) is 5.69 Å². The normalized spacial score (nSPS) is 14.1. The lowest BCUT2D eigenvalue weighted by Crippen LogP contribution is -2.62. The number of H-pyrrole nitrogens is 1. The van der Waals surface area contributed by atoms with Crippen LogP contribution in [0.3, 0.4) is 0 Å². The van der Waals surface area contributed by atoms with Crippen molar-refractivity contribution in [2.75, 3.05) is 25.0 Å². The van der Waals surface area contributed by atoms with Gasteiger partial charge in [-0.1, -0.05) is 32.4 Å². The third-order valence-electron chi connectivity index (χ3n) is 6.23. The molecule has 1 aliphatic heterocycles. The minimum absolute atomic E-state index is 0.129. The fourth-order valence-electron chi connectivity index (χ4n) is 4.17. The van der Waals surface area contributed by atoms with E-state index in [1.54, 1.807) is 6.07 Å². The van der Waals surface area contributed by atoms with E-state index in [9.17, 15) is 14.4 Å². The van der Waals surface area contributed by atoms with E-state index in [0.29, 0.717) is 29.2 Å². The van der Waals surface area contributed by atoms with Crippen molar-refractivity contribution in [2.24, 2.45) is 5.41 Å². The molecule has 7 nitrogen and oxygen atoms in total. The number of aromatic amines is 1. The molecular formula is C25H33ClN4O3. The van der Waals surface area contributed by atoms with Crippen LogP contribution in [0.1, 0.15) is 53.5 Å². The van der Waals surface area contributed by atoms with Crippen molar-refractivity contribution in [2.45, 2.75) is 54.1 Å². The van der Waals surface area contributed by atoms with Gasteiger partial charge in [-0.25, -0.2) is 0 Å². The highest BCUT2D eigenvalue weighted by atomic mass is 35.5. The number of pyridine rings is 1. The Bertz CT molecular complexity index is 1140. The van der Waals surface area contributed by atoms with Crippen molar-refractivity contribution >= 4 is 29.1 Å². The van der Waals surface area contributed by atoms with Crippen LogP contribution >= 0.6 is 11.6 Å². The average Bonchev–Trinajstić information content (AvgIpc) is 2.66. The summed E-state index contributed by atoms with van der Waals surface area (Å²) in [6, 6.07) is 5.52. The molecule has 1 fully saturated rings. The van der Waals surface area contributed by atoms with Crippen LogP contribution in [-0.2, 0) is 11.3 Å². The molecule has 2 amide bonds. The number of carbonyl (C=O) groups is 2. The van der Waals surface area contributed by atoms with E-state index in [1.165, 1.54) is 0 Å². The number of halogens is 1. The summed E-state index contributed by atoms with van der Waals surface area (Å²) in [6.45, 7) is 12.7. The lowest BCUT2D eigenvalue weighted by molar-refractivity contribution is -0.143. The summed E-state index contributed by atoms with van der Waals surface area (Å²) < 4.78 is 0. The number of aromatic nitrogens is 1. The van der Waals surface area contributed by atoms with Gasteiger partial charge in [0.1, 0.15) is 0 Å². The number of benzene rings is 1. The first kappa shape index (κ1) is 24.8. The van der Waals surface area contributed by atoms with Gasteiger partial charge in [0.25, 0.3) is 11.5 Å². The van der Waals surface area contributed by atoms with E-state index in [2.05, 4.69) is 15.2 Å². The number of aryl methyl sites for hydroxylation is 2. The largest absolute Gasteiger partial charge is 0.368 e. The van der Waals surface area contributed by atoms with Crippen LogP contribution in [0.25, 0.3) is 0 Å². The van der Waals surface area contributed by atoms with Crippen molar-refractivity contribution in [1.29, 1.82) is 0 Å². The molecule has 1 aliphatic rings. The molecule has 0 atom stereocenters. The molecule has 8 heteroatoms. The van der Waals surface area contributed by atoms with Crippen LogP contribution < -0.4 is 15.8 Å². The van der Waals surface area contributed by atoms with Crippen LogP contribution in [0.15, 0.2) is 23.0 Å². The second-order valence-corrected chi connectivity index (χ2v) is 10.4. The fraction of sp³-hybridized carbons (Fsp3) is 0.480. The molecule has 0 saturated carbocycles. The highest BCUT2D eigenvalue weighted by Gasteiger charge is 2.38. The number of amides is 2. The topological polar surface area (TPSA) is 85.5 Å². The first-order valence-corrected chi connectivity index (χ1v) is 11.5. The van der Waals surface area contributed by atoms with E-state index < -0.39 is 5.41 Å². The van der Waals surface area contributed by atoms with E-state index in [1.807, 2.05) is 65.6 Å². The zero-order valence-electron chi connectivity index (χ0n) is 20.4. The highest BCUT2D eigenvalue weighted by molar-refractivity contribution is 6.31. The molecular weight excluding hydrogens is 440 g/mol. The molecule has 2 aromatic rings. The lowest BCUT2D eigenvalue weighted by Gasteiger charge is -2.47. The molecule has 33 heavy (non-hydrogen) atoms. The number of carbonyl (C=O) groups excluding carboxylic acids is 2. The second kappa shape index (κ2) is 9.21. The van der Waals surface area contributed by atoms with Crippen LogP contribution in [0, 0.1) is 26.2 Å². The molecule has 1 aromatic heterocycles. The molecule has 3 rings (SSSR count). The molecule has 1 saturated heterocycles. The van der Waals surface area contributed by atoms with Gasteiger partial charge < -0.3 is 20.1 Å². The Morgan fingerprint density at radius 3 is 2.39 bits per heavy atom. The summed E-state index contributed by atoms with van der Waals surface area (Å²) in [7, 11) is 1.96. The van der Waals surface area contributed by atoms with Crippen LogP contribution in [-0.4, -0.2) is 47.9 Å². The van der Waals surface area contributed by atoms with Gasteiger partial charge in [-0.2, -0.15) is 0 Å². The molecule has 2 N–H and O–H groups in total. The van der Waals surface area contributed by atoms with Gasteiger partial charge in [-0.3, -0.25) is 14.4 Å². The highest BCUT2D eigenvalue weighted by Crippen LogP contribution is 2.32. The van der Waals surface area contributed by atoms with E-state index in [4.69, 9.17) is 11.6 Å². The number of nitrogens with one attached hydrogen (secondary N) is 2. The van der Waals surface area contributed by atoms with Gasteiger partial charge in [-0.05, 0) is 50.1 Å². The zero-order chi connectivity index (χ0) is 24.7. The fourth-order valence-corrected chi connectivity index (χ4v) is 4.38. The Morgan fingerprint density at radius 1 is 1.18 bits per heavy atom. The second-order valence-electron chi connectivity index (χ2n) is 9.95. The van der Waals surface area contributed by atoms with E-state index in [0.717, 1.165) is 22.5 Å². The molecule has 0 unspecified atom stereocenters. The Kier molecular flexibility index (Phi) is 6.93. The molecule has 1 aromatic carbocycles. The summed E-state index contributed by atoms with van der Waals surface area (Å²) >= 11 is 6.37. The number of nitrogens with zero attached hydrogens (tertiary/aromatic N) is 2. The number of anilines is 1. The van der Waals surface area contributed by atoms with Crippen molar-refractivity contribution in [3.63, 3.8) is 0 Å². The van der Waals surface area contributed by atoms with E-state index in [-0.39, 0.29) is 30.0 Å². The smallest absolute Gasteiger partial charge is 0.253 e. The Balaban J connectivity index is 1.75. The van der Waals surface area contributed by atoms with Crippen molar-refractivity contribution in [3.8, 4) is 0 Å². The number of rotatable bonds is 5. The third kappa shape index (κ3) is 5.24. The monoisotopic (exact) mass is 472 g/mol. The first-order valence-electron chi connectivity index (χ1n) is 11.1. The van der Waals surface area contributed by atoms with Gasteiger partial charge in [0.05, 0.1) is 6.04 Å². The predicted octanol–water partition coefficient (Wildman–Crippen LogP) is 3.58. The van der Waals surface area contributed by atoms with Crippen molar-refractivity contribution in [1.82, 2.24) is 15.2 Å². The molecule has 0 aliphatic carbocycles.